The van der Waals surface area contributed by atoms with Crippen molar-refractivity contribution in [1.82, 2.24) is 4.90 Å². The van der Waals surface area contributed by atoms with Gasteiger partial charge in [-0.15, -0.1) is 0 Å². The molecule has 0 saturated heterocycles. The van der Waals surface area contributed by atoms with E-state index in [1.54, 1.807) is 0 Å². The topological polar surface area (TPSA) is 87.1 Å². The van der Waals surface area contributed by atoms with Crippen molar-refractivity contribution in [3.8, 4) is 11.1 Å². The molecule has 0 spiro atoms. The first-order valence-electron chi connectivity index (χ1n) is 9.03. The minimum atomic E-state index is -1.63. The third-order valence-electron chi connectivity index (χ3n) is 4.77. The van der Waals surface area contributed by atoms with Crippen molar-refractivity contribution in [3.05, 3.63) is 59.7 Å². The predicted octanol–water partition coefficient (Wildman–Crippen LogP) is 3.09. The van der Waals surface area contributed by atoms with Crippen LogP contribution in [0.2, 0.25) is 0 Å². The second-order valence-electron chi connectivity index (χ2n) is 6.60. The van der Waals surface area contributed by atoms with Gasteiger partial charge in [0.1, 0.15) is 6.61 Å². The molecule has 6 nitrogen and oxygen atoms in total. The quantitative estimate of drug-likeness (QED) is 0.783. The molecule has 2 N–H and O–H groups in total. The number of benzene rings is 2. The van der Waals surface area contributed by atoms with Crippen molar-refractivity contribution >= 4 is 12.1 Å². The molecule has 0 radical (unpaired) electrons. The van der Waals surface area contributed by atoms with Gasteiger partial charge >= 0.3 is 12.1 Å². The van der Waals surface area contributed by atoms with Gasteiger partial charge in [0, 0.05) is 12.5 Å². The number of carboxylic acid groups (broad SMARTS) is 1. The number of nitrogens with zero attached hydrogens (tertiary/aromatic N) is 1. The number of ether oxygens (including phenoxy) is 1. The van der Waals surface area contributed by atoms with Gasteiger partial charge in [0.25, 0.3) is 0 Å². The van der Waals surface area contributed by atoms with Crippen LogP contribution in [0.3, 0.4) is 0 Å². The van der Waals surface area contributed by atoms with E-state index in [-0.39, 0.29) is 19.1 Å². The molecule has 1 aliphatic carbocycles. The number of aliphatic hydroxyl groups is 1. The molecule has 2 aromatic carbocycles. The van der Waals surface area contributed by atoms with E-state index >= 15 is 0 Å². The zero-order valence-corrected chi connectivity index (χ0v) is 15.2. The molecule has 0 saturated carbocycles. The maximum atomic E-state index is 12.5. The van der Waals surface area contributed by atoms with E-state index in [2.05, 4.69) is 12.1 Å². The average Bonchev–Trinajstić information content (AvgIpc) is 2.99. The van der Waals surface area contributed by atoms with Gasteiger partial charge in [-0.05, 0) is 28.7 Å². The van der Waals surface area contributed by atoms with Gasteiger partial charge in [-0.3, -0.25) is 0 Å². The molecule has 27 heavy (non-hydrogen) atoms. The van der Waals surface area contributed by atoms with Crippen LogP contribution >= 0.6 is 0 Å². The van der Waals surface area contributed by atoms with Gasteiger partial charge < -0.3 is 19.8 Å². The molecule has 6 heteroatoms. The Morgan fingerprint density at radius 1 is 1.07 bits per heavy atom. The van der Waals surface area contributed by atoms with Crippen LogP contribution < -0.4 is 0 Å². The lowest BCUT2D eigenvalue weighted by molar-refractivity contribution is -0.147. The minimum Gasteiger partial charge on any atom is -0.479 e. The van der Waals surface area contributed by atoms with Crippen molar-refractivity contribution in [3.63, 3.8) is 0 Å². The van der Waals surface area contributed by atoms with E-state index in [0.29, 0.717) is 13.0 Å². The van der Waals surface area contributed by atoms with Crippen molar-refractivity contribution in [2.45, 2.75) is 25.4 Å². The van der Waals surface area contributed by atoms with Crippen molar-refractivity contribution in [1.29, 1.82) is 0 Å². The van der Waals surface area contributed by atoms with Gasteiger partial charge in [-0.25, -0.2) is 9.59 Å². The maximum absolute atomic E-state index is 12.5. The Morgan fingerprint density at radius 2 is 1.63 bits per heavy atom. The molecule has 0 bridgehead atoms. The number of rotatable bonds is 7. The van der Waals surface area contributed by atoms with Crippen LogP contribution in [-0.2, 0) is 9.53 Å². The zero-order chi connectivity index (χ0) is 19.4. The van der Waals surface area contributed by atoms with Gasteiger partial charge in [0.05, 0.1) is 6.54 Å². The largest absolute Gasteiger partial charge is 0.479 e. The Balaban J connectivity index is 1.73. The normalized spacial score (nSPS) is 13.6. The Bertz CT molecular complexity index is 789. The first kappa shape index (κ1) is 18.9. The fourth-order valence-corrected chi connectivity index (χ4v) is 3.50. The second-order valence-corrected chi connectivity index (χ2v) is 6.60. The molecule has 0 fully saturated rings. The van der Waals surface area contributed by atoms with E-state index in [1.807, 2.05) is 43.3 Å². The fraction of sp³-hybridized carbons (Fsp3) is 0.333. The second kappa shape index (κ2) is 8.22. The first-order valence-corrected chi connectivity index (χ1v) is 9.03. The molecule has 1 atom stereocenters. The molecular formula is C21H23NO5. The highest BCUT2D eigenvalue weighted by atomic mass is 16.6. The SMILES string of the molecule is CCCN(CC(O)C(=O)O)C(=O)OCC1c2ccccc2-c2ccccc21. The highest BCUT2D eigenvalue weighted by Crippen LogP contribution is 2.44. The number of amides is 1. The molecular weight excluding hydrogens is 346 g/mol. The number of aliphatic carboxylic acids is 1. The number of fused-ring (bicyclic) bond motifs is 3. The monoisotopic (exact) mass is 369 g/mol. The van der Waals surface area contributed by atoms with Crippen molar-refractivity contribution < 1.29 is 24.5 Å². The number of hydrogen-bond acceptors (Lipinski definition) is 4. The lowest BCUT2D eigenvalue weighted by Gasteiger charge is -2.24. The van der Waals surface area contributed by atoms with E-state index in [1.165, 1.54) is 4.90 Å². The summed E-state index contributed by atoms with van der Waals surface area (Å²) < 4.78 is 5.52. The van der Waals surface area contributed by atoms with E-state index in [4.69, 9.17) is 9.84 Å². The number of carboxylic acids is 1. The summed E-state index contributed by atoms with van der Waals surface area (Å²) in [5, 5.41) is 18.4. The number of hydrogen-bond donors (Lipinski definition) is 2. The molecule has 0 aliphatic heterocycles. The molecule has 1 amide bonds. The highest BCUT2D eigenvalue weighted by molar-refractivity contribution is 5.79. The summed E-state index contributed by atoms with van der Waals surface area (Å²) >= 11 is 0. The summed E-state index contributed by atoms with van der Waals surface area (Å²) in [4.78, 5) is 24.6. The maximum Gasteiger partial charge on any atom is 0.409 e. The van der Waals surface area contributed by atoms with Crippen molar-refractivity contribution in [2.24, 2.45) is 0 Å². The average molecular weight is 369 g/mol. The Hall–Kier alpha value is -2.86. The van der Waals surface area contributed by atoms with Crippen LogP contribution in [0.15, 0.2) is 48.5 Å². The van der Waals surface area contributed by atoms with Gasteiger partial charge in [0.2, 0.25) is 0 Å². The molecule has 1 unspecified atom stereocenters. The third kappa shape index (κ3) is 3.95. The smallest absolute Gasteiger partial charge is 0.409 e. The predicted molar refractivity (Wildman–Crippen MR) is 101 cm³/mol. The molecule has 0 aromatic heterocycles. The summed E-state index contributed by atoms with van der Waals surface area (Å²) in [6.07, 6.45) is -1.60. The zero-order valence-electron chi connectivity index (χ0n) is 15.2. The van der Waals surface area contributed by atoms with Crippen LogP contribution in [0.4, 0.5) is 4.79 Å². The van der Waals surface area contributed by atoms with Gasteiger partial charge in [0.15, 0.2) is 6.10 Å². The van der Waals surface area contributed by atoms with Crippen LogP contribution in [0.25, 0.3) is 11.1 Å². The number of carbonyl (C=O) groups excluding carboxylic acids is 1. The van der Waals surface area contributed by atoms with Crippen molar-refractivity contribution in [2.75, 3.05) is 19.7 Å². The van der Waals surface area contributed by atoms with Crippen LogP contribution in [0.1, 0.15) is 30.4 Å². The number of carbonyl (C=O) groups is 2. The number of aliphatic hydroxyl groups excluding tert-OH is 1. The Labute approximate surface area is 158 Å². The summed E-state index contributed by atoms with van der Waals surface area (Å²) in [7, 11) is 0. The summed E-state index contributed by atoms with van der Waals surface area (Å²) in [6, 6.07) is 16.1. The molecule has 2 aromatic rings. The van der Waals surface area contributed by atoms with E-state index in [9.17, 15) is 14.7 Å². The summed E-state index contributed by atoms with van der Waals surface area (Å²) in [5.41, 5.74) is 4.50. The Kier molecular flexibility index (Phi) is 5.76. The lowest BCUT2D eigenvalue weighted by atomic mass is 9.98. The van der Waals surface area contributed by atoms with E-state index in [0.717, 1.165) is 22.3 Å². The minimum absolute atomic E-state index is 0.0609. The van der Waals surface area contributed by atoms with Gasteiger partial charge in [-0.1, -0.05) is 55.5 Å². The van der Waals surface area contributed by atoms with Gasteiger partial charge in [-0.2, -0.15) is 0 Å². The van der Waals surface area contributed by atoms with E-state index < -0.39 is 18.2 Å². The first-order chi connectivity index (χ1) is 13.0. The highest BCUT2D eigenvalue weighted by Gasteiger charge is 2.30. The van der Waals surface area contributed by atoms with Crippen LogP contribution in [0.5, 0.6) is 0 Å². The molecule has 142 valence electrons. The van der Waals surface area contributed by atoms with Crippen LogP contribution in [0, 0.1) is 0 Å². The Morgan fingerprint density at radius 3 is 2.15 bits per heavy atom. The fourth-order valence-electron chi connectivity index (χ4n) is 3.50. The molecule has 3 rings (SSSR count). The molecule has 0 heterocycles. The summed E-state index contributed by atoms with van der Waals surface area (Å²) in [5.74, 6) is -1.42. The third-order valence-corrected chi connectivity index (χ3v) is 4.77. The lowest BCUT2D eigenvalue weighted by Crippen LogP contribution is -2.41. The standard InChI is InChI=1S/C21H23NO5/c1-2-11-22(12-19(23)20(24)25)21(26)27-13-18-16-9-5-3-7-14(16)15-8-4-6-10-17(15)18/h3-10,18-19,23H,2,11-13H2,1H3,(H,24,25). The van der Waals surface area contributed by atoms with Crippen LogP contribution in [-0.4, -0.2) is 53.0 Å². The summed E-state index contributed by atoms with van der Waals surface area (Å²) in [6.45, 7) is 2.06. The molecule has 1 aliphatic rings.